The number of fused-ring (bicyclic) bond motifs is 1. The van der Waals surface area contributed by atoms with Crippen molar-refractivity contribution in [3.63, 3.8) is 0 Å². The second-order valence-corrected chi connectivity index (χ2v) is 4.63. The molecule has 5 nitrogen and oxygen atoms in total. The number of anilines is 1. The van der Waals surface area contributed by atoms with Gasteiger partial charge in [-0.15, -0.1) is 0 Å². The van der Waals surface area contributed by atoms with Crippen LogP contribution in [0.15, 0.2) is 24.3 Å². The van der Waals surface area contributed by atoms with Crippen LogP contribution >= 0.6 is 0 Å². The van der Waals surface area contributed by atoms with Crippen molar-refractivity contribution >= 4 is 17.6 Å². The predicted molar refractivity (Wildman–Crippen MR) is 67.3 cm³/mol. The molecule has 0 bridgehead atoms. The standard InChI is InChI=1S/C13H16N2O3/c1-8(14)6-12(16)15-10-5-3-2-4-9(10)7-11(15)13(17)18/h2-5,8,11H,6-7,14H2,1H3,(H,17,18). The van der Waals surface area contributed by atoms with Crippen LogP contribution in [0.4, 0.5) is 5.69 Å². The Morgan fingerprint density at radius 1 is 1.50 bits per heavy atom. The topological polar surface area (TPSA) is 83.6 Å². The number of nitrogens with zero attached hydrogens (tertiary/aromatic N) is 1. The Bertz CT molecular complexity index is 485. The zero-order valence-corrected chi connectivity index (χ0v) is 10.2. The summed E-state index contributed by atoms with van der Waals surface area (Å²) in [7, 11) is 0. The van der Waals surface area contributed by atoms with Gasteiger partial charge in [0.2, 0.25) is 5.91 Å². The summed E-state index contributed by atoms with van der Waals surface area (Å²) in [5.74, 6) is -1.22. The summed E-state index contributed by atoms with van der Waals surface area (Å²) >= 11 is 0. The first kappa shape index (κ1) is 12.6. The zero-order valence-electron chi connectivity index (χ0n) is 10.2. The van der Waals surface area contributed by atoms with Crippen LogP contribution in [0.5, 0.6) is 0 Å². The maximum absolute atomic E-state index is 12.1. The van der Waals surface area contributed by atoms with Crippen molar-refractivity contribution in [1.29, 1.82) is 0 Å². The number of carbonyl (C=O) groups is 2. The fourth-order valence-corrected chi connectivity index (χ4v) is 2.27. The average Bonchev–Trinajstić information content (AvgIpc) is 2.67. The fraction of sp³-hybridized carbons (Fsp3) is 0.385. The third kappa shape index (κ3) is 2.22. The van der Waals surface area contributed by atoms with Gasteiger partial charge in [-0.2, -0.15) is 0 Å². The van der Waals surface area contributed by atoms with Crippen molar-refractivity contribution in [3.8, 4) is 0 Å². The zero-order chi connectivity index (χ0) is 13.3. The van der Waals surface area contributed by atoms with E-state index >= 15 is 0 Å². The molecule has 1 amide bonds. The molecule has 3 N–H and O–H groups in total. The van der Waals surface area contributed by atoms with E-state index in [1.54, 1.807) is 19.1 Å². The molecule has 1 aromatic rings. The first-order valence-electron chi connectivity index (χ1n) is 5.89. The SMILES string of the molecule is CC(N)CC(=O)N1c2ccccc2CC1C(=O)O. The molecule has 96 valence electrons. The van der Waals surface area contributed by atoms with E-state index in [2.05, 4.69) is 0 Å². The second kappa shape index (κ2) is 4.78. The fourth-order valence-electron chi connectivity index (χ4n) is 2.27. The molecular formula is C13H16N2O3. The highest BCUT2D eigenvalue weighted by atomic mass is 16.4. The number of carboxylic acids is 1. The Hall–Kier alpha value is -1.88. The normalized spacial score (nSPS) is 19.4. The van der Waals surface area contributed by atoms with Crippen LogP contribution < -0.4 is 10.6 Å². The van der Waals surface area contributed by atoms with Crippen LogP contribution in [0, 0.1) is 0 Å². The van der Waals surface area contributed by atoms with Crippen molar-refractivity contribution in [3.05, 3.63) is 29.8 Å². The van der Waals surface area contributed by atoms with Gasteiger partial charge in [0.25, 0.3) is 0 Å². The van der Waals surface area contributed by atoms with Gasteiger partial charge in [0.05, 0.1) is 0 Å². The Kier molecular flexibility index (Phi) is 3.34. The van der Waals surface area contributed by atoms with E-state index in [1.807, 2.05) is 12.1 Å². The lowest BCUT2D eigenvalue weighted by Crippen LogP contribution is -2.44. The number of carbonyl (C=O) groups excluding carboxylic acids is 1. The van der Waals surface area contributed by atoms with Gasteiger partial charge in [0.1, 0.15) is 6.04 Å². The van der Waals surface area contributed by atoms with E-state index in [-0.39, 0.29) is 18.4 Å². The Morgan fingerprint density at radius 3 is 2.78 bits per heavy atom. The lowest BCUT2D eigenvalue weighted by molar-refractivity contribution is -0.139. The first-order chi connectivity index (χ1) is 8.50. The van der Waals surface area contributed by atoms with E-state index in [9.17, 15) is 14.7 Å². The van der Waals surface area contributed by atoms with E-state index in [0.29, 0.717) is 12.1 Å². The van der Waals surface area contributed by atoms with Gasteiger partial charge in [-0.25, -0.2) is 4.79 Å². The molecule has 1 aromatic carbocycles. The number of carboxylic acid groups (broad SMARTS) is 1. The summed E-state index contributed by atoms with van der Waals surface area (Å²) in [5, 5.41) is 9.21. The number of hydrogen-bond acceptors (Lipinski definition) is 3. The highest BCUT2D eigenvalue weighted by Crippen LogP contribution is 2.32. The Labute approximate surface area is 105 Å². The molecule has 1 heterocycles. The van der Waals surface area contributed by atoms with E-state index in [0.717, 1.165) is 5.56 Å². The molecule has 0 radical (unpaired) electrons. The highest BCUT2D eigenvalue weighted by Gasteiger charge is 2.37. The van der Waals surface area contributed by atoms with Crippen molar-refractivity contribution in [2.75, 3.05) is 4.90 Å². The average molecular weight is 248 g/mol. The minimum atomic E-state index is -0.982. The molecule has 1 aliphatic rings. The summed E-state index contributed by atoms with van der Waals surface area (Å²) in [6, 6.07) is 6.18. The van der Waals surface area contributed by atoms with Crippen molar-refractivity contribution in [2.45, 2.75) is 31.8 Å². The maximum Gasteiger partial charge on any atom is 0.327 e. The van der Waals surface area contributed by atoms with Crippen LogP contribution in [-0.2, 0) is 16.0 Å². The number of nitrogens with two attached hydrogens (primary N) is 1. The number of para-hydroxylation sites is 1. The molecule has 0 aromatic heterocycles. The van der Waals surface area contributed by atoms with Gasteiger partial charge in [0.15, 0.2) is 0 Å². The molecule has 0 saturated carbocycles. The lowest BCUT2D eigenvalue weighted by Gasteiger charge is -2.23. The summed E-state index contributed by atoms with van der Waals surface area (Å²) in [6.45, 7) is 1.73. The van der Waals surface area contributed by atoms with Crippen LogP contribution in [0.2, 0.25) is 0 Å². The van der Waals surface area contributed by atoms with Gasteiger partial charge in [-0.1, -0.05) is 18.2 Å². The molecule has 5 heteroatoms. The molecule has 18 heavy (non-hydrogen) atoms. The smallest absolute Gasteiger partial charge is 0.327 e. The molecule has 0 saturated heterocycles. The predicted octanol–water partition coefficient (Wildman–Crippen LogP) is 0.766. The molecule has 1 aliphatic heterocycles. The van der Waals surface area contributed by atoms with Gasteiger partial charge in [-0.05, 0) is 18.6 Å². The van der Waals surface area contributed by atoms with E-state index < -0.39 is 12.0 Å². The molecule has 0 aliphatic carbocycles. The van der Waals surface area contributed by atoms with Gasteiger partial charge in [-0.3, -0.25) is 9.69 Å². The first-order valence-corrected chi connectivity index (χ1v) is 5.89. The second-order valence-electron chi connectivity index (χ2n) is 4.63. The number of amides is 1. The maximum atomic E-state index is 12.1. The van der Waals surface area contributed by atoms with Crippen molar-refractivity contribution in [1.82, 2.24) is 0 Å². The van der Waals surface area contributed by atoms with Gasteiger partial charge in [0, 0.05) is 24.6 Å². The minimum Gasteiger partial charge on any atom is -0.480 e. The van der Waals surface area contributed by atoms with Crippen molar-refractivity contribution in [2.24, 2.45) is 5.73 Å². The van der Waals surface area contributed by atoms with Crippen LogP contribution in [0.3, 0.4) is 0 Å². The molecule has 0 fully saturated rings. The van der Waals surface area contributed by atoms with Crippen LogP contribution in [0.25, 0.3) is 0 Å². The summed E-state index contributed by atoms with van der Waals surface area (Å²) in [6.07, 6.45) is 0.508. The summed E-state index contributed by atoms with van der Waals surface area (Å²) in [4.78, 5) is 24.7. The number of hydrogen-bond donors (Lipinski definition) is 2. The minimum absolute atomic E-state index is 0.151. The molecule has 2 unspecified atom stereocenters. The van der Waals surface area contributed by atoms with Crippen LogP contribution in [-0.4, -0.2) is 29.1 Å². The summed E-state index contributed by atoms with van der Waals surface area (Å²) in [5.41, 5.74) is 7.19. The molecular weight excluding hydrogens is 232 g/mol. The Morgan fingerprint density at radius 2 is 2.17 bits per heavy atom. The van der Waals surface area contributed by atoms with Crippen LogP contribution in [0.1, 0.15) is 18.9 Å². The molecule has 2 rings (SSSR count). The largest absolute Gasteiger partial charge is 0.480 e. The quantitative estimate of drug-likeness (QED) is 0.827. The lowest BCUT2D eigenvalue weighted by atomic mass is 10.1. The molecule has 2 atom stereocenters. The van der Waals surface area contributed by atoms with Crippen molar-refractivity contribution < 1.29 is 14.7 Å². The number of benzene rings is 1. The monoisotopic (exact) mass is 248 g/mol. The van der Waals surface area contributed by atoms with Gasteiger partial charge >= 0.3 is 5.97 Å². The third-order valence-electron chi connectivity index (χ3n) is 3.03. The van der Waals surface area contributed by atoms with E-state index in [1.165, 1.54) is 4.90 Å². The van der Waals surface area contributed by atoms with Gasteiger partial charge < -0.3 is 10.8 Å². The third-order valence-corrected chi connectivity index (χ3v) is 3.03. The number of rotatable bonds is 3. The summed E-state index contributed by atoms with van der Waals surface area (Å²) < 4.78 is 0. The number of aliphatic carboxylic acids is 1. The molecule has 0 spiro atoms. The Balaban J connectivity index is 2.34. The highest BCUT2D eigenvalue weighted by molar-refractivity contribution is 6.02. The van der Waals surface area contributed by atoms with E-state index in [4.69, 9.17) is 5.73 Å².